The highest BCUT2D eigenvalue weighted by Crippen LogP contribution is 2.21. The molecule has 0 unspecified atom stereocenters. The molecule has 2 rings (SSSR count). The van der Waals surface area contributed by atoms with Gasteiger partial charge in [-0.3, -0.25) is 4.79 Å². The molecule has 0 aromatic heterocycles. The van der Waals surface area contributed by atoms with Crippen LogP contribution in [0.25, 0.3) is 0 Å². The number of hydrogen-bond donors (Lipinski definition) is 1. The zero-order chi connectivity index (χ0) is 18.1. The van der Waals surface area contributed by atoms with Gasteiger partial charge in [-0.1, -0.05) is 38.6 Å². The van der Waals surface area contributed by atoms with Gasteiger partial charge in [0.25, 0.3) is 5.91 Å². The van der Waals surface area contributed by atoms with Gasteiger partial charge in [0.2, 0.25) is 0 Å². The van der Waals surface area contributed by atoms with Crippen LogP contribution in [0.4, 0.5) is 5.69 Å². The molecule has 4 heteroatoms. The van der Waals surface area contributed by atoms with Gasteiger partial charge in [-0.15, -0.1) is 0 Å². The van der Waals surface area contributed by atoms with Crippen LogP contribution in [0.2, 0.25) is 0 Å². The summed E-state index contributed by atoms with van der Waals surface area (Å²) in [4.78, 5) is 12.6. The molecule has 0 atom stereocenters. The van der Waals surface area contributed by atoms with Gasteiger partial charge in [0.1, 0.15) is 18.1 Å². The quantitative estimate of drug-likeness (QED) is 0.659. The molecular formula is C21H25NO3. The van der Waals surface area contributed by atoms with E-state index in [1.54, 1.807) is 24.3 Å². The molecule has 0 saturated heterocycles. The lowest BCUT2D eigenvalue weighted by molar-refractivity contribution is 0.102. The van der Waals surface area contributed by atoms with E-state index in [9.17, 15) is 4.79 Å². The van der Waals surface area contributed by atoms with Crippen LogP contribution in [0, 0.1) is 5.92 Å². The number of benzene rings is 2. The van der Waals surface area contributed by atoms with Crippen molar-refractivity contribution in [1.82, 2.24) is 0 Å². The molecule has 132 valence electrons. The van der Waals surface area contributed by atoms with Crippen molar-refractivity contribution in [3.63, 3.8) is 0 Å². The van der Waals surface area contributed by atoms with Gasteiger partial charge in [0, 0.05) is 5.69 Å². The Balaban J connectivity index is 2.01. The van der Waals surface area contributed by atoms with Gasteiger partial charge in [0.05, 0.1) is 12.2 Å². The number of carbonyl (C=O) groups excluding carboxylic acids is 1. The van der Waals surface area contributed by atoms with Crippen molar-refractivity contribution in [2.45, 2.75) is 20.3 Å². The first-order valence-corrected chi connectivity index (χ1v) is 8.47. The highest BCUT2D eigenvalue weighted by atomic mass is 16.5. The minimum atomic E-state index is -0.195. The molecule has 2 aromatic carbocycles. The van der Waals surface area contributed by atoms with E-state index < -0.39 is 0 Å². The SMILES string of the molecule is C=CCOc1ccc(NC(=O)c2ccccc2OCCC(C)C)cc1. The first-order valence-electron chi connectivity index (χ1n) is 8.47. The molecular weight excluding hydrogens is 314 g/mol. The van der Waals surface area contributed by atoms with Crippen LogP contribution in [0.15, 0.2) is 61.2 Å². The Hall–Kier alpha value is -2.75. The smallest absolute Gasteiger partial charge is 0.259 e. The van der Waals surface area contributed by atoms with Crippen molar-refractivity contribution >= 4 is 11.6 Å². The number of nitrogens with one attached hydrogen (secondary N) is 1. The van der Waals surface area contributed by atoms with E-state index in [0.717, 1.165) is 12.2 Å². The van der Waals surface area contributed by atoms with Crippen LogP contribution in [0.3, 0.4) is 0 Å². The predicted molar refractivity (Wildman–Crippen MR) is 101 cm³/mol. The zero-order valence-electron chi connectivity index (χ0n) is 14.8. The fourth-order valence-corrected chi connectivity index (χ4v) is 2.17. The maximum absolute atomic E-state index is 12.6. The third-order valence-corrected chi connectivity index (χ3v) is 3.56. The van der Waals surface area contributed by atoms with Gasteiger partial charge in [-0.05, 0) is 48.7 Å². The van der Waals surface area contributed by atoms with Crippen LogP contribution in [0.5, 0.6) is 11.5 Å². The van der Waals surface area contributed by atoms with Crippen molar-refractivity contribution in [3.05, 3.63) is 66.7 Å². The Morgan fingerprint density at radius 3 is 2.52 bits per heavy atom. The molecule has 2 aromatic rings. The third-order valence-electron chi connectivity index (χ3n) is 3.56. The number of para-hydroxylation sites is 1. The largest absolute Gasteiger partial charge is 0.493 e. The first-order chi connectivity index (χ1) is 12.1. The number of rotatable bonds is 9. The Morgan fingerprint density at radius 2 is 1.84 bits per heavy atom. The Labute approximate surface area is 149 Å². The van der Waals surface area contributed by atoms with E-state index in [1.165, 1.54) is 0 Å². The van der Waals surface area contributed by atoms with E-state index >= 15 is 0 Å². The van der Waals surface area contributed by atoms with Crippen LogP contribution < -0.4 is 14.8 Å². The number of hydrogen-bond acceptors (Lipinski definition) is 3. The van der Waals surface area contributed by atoms with Crippen LogP contribution >= 0.6 is 0 Å². The topological polar surface area (TPSA) is 47.6 Å². The fraction of sp³-hybridized carbons (Fsp3) is 0.286. The normalized spacial score (nSPS) is 10.4. The fourth-order valence-electron chi connectivity index (χ4n) is 2.17. The molecule has 25 heavy (non-hydrogen) atoms. The molecule has 1 amide bonds. The highest BCUT2D eigenvalue weighted by Gasteiger charge is 2.12. The molecule has 0 saturated carbocycles. The van der Waals surface area contributed by atoms with Crippen molar-refractivity contribution < 1.29 is 14.3 Å². The Bertz CT molecular complexity index is 693. The van der Waals surface area contributed by atoms with Crippen LogP contribution in [0.1, 0.15) is 30.6 Å². The molecule has 1 N–H and O–H groups in total. The Kier molecular flexibility index (Phi) is 7.08. The van der Waals surface area contributed by atoms with E-state index in [-0.39, 0.29) is 5.91 Å². The second-order valence-electron chi connectivity index (χ2n) is 6.11. The molecule has 0 heterocycles. The van der Waals surface area contributed by atoms with Crippen LogP contribution in [-0.2, 0) is 0 Å². The van der Waals surface area contributed by atoms with Crippen molar-refractivity contribution in [2.75, 3.05) is 18.5 Å². The zero-order valence-corrected chi connectivity index (χ0v) is 14.8. The molecule has 0 aliphatic heterocycles. The highest BCUT2D eigenvalue weighted by molar-refractivity contribution is 6.06. The first kappa shape index (κ1) is 18.6. The summed E-state index contributed by atoms with van der Waals surface area (Å²) in [6, 6.07) is 14.5. The number of ether oxygens (including phenoxy) is 2. The molecule has 0 radical (unpaired) electrons. The monoisotopic (exact) mass is 339 g/mol. The van der Waals surface area contributed by atoms with Gasteiger partial charge in [-0.25, -0.2) is 0 Å². The summed E-state index contributed by atoms with van der Waals surface area (Å²) >= 11 is 0. The third kappa shape index (κ3) is 5.99. The van der Waals surface area contributed by atoms with E-state index in [1.807, 2.05) is 30.3 Å². The summed E-state index contributed by atoms with van der Waals surface area (Å²) in [7, 11) is 0. The molecule has 4 nitrogen and oxygen atoms in total. The van der Waals surface area contributed by atoms with Crippen LogP contribution in [-0.4, -0.2) is 19.1 Å². The van der Waals surface area contributed by atoms with Crippen molar-refractivity contribution in [3.8, 4) is 11.5 Å². The van der Waals surface area contributed by atoms with E-state index in [2.05, 4.69) is 25.7 Å². The standard InChI is InChI=1S/C21H25NO3/c1-4-14-24-18-11-9-17(10-12-18)22-21(23)19-7-5-6-8-20(19)25-15-13-16(2)3/h4-12,16H,1,13-15H2,2-3H3,(H,22,23). The van der Waals surface area contributed by atoms with E-state index in [4.69, 9.17) is 9.47 Å². The lowest BCUT2D eigenvalue weighted by Gasteiger charge is -2.13. The average Bonchev–Trinajstić information content (AvgIpc) is 2.61. The maximum Gasteiger partial charge on any atom is 0.259 e. The van der Waals surface area contributed by atoms with Gasteiger partial charge in [-0.2, -0.15) is 0 Å². The second kappa shape index (κ2) is 9.52. The van der Waals surface area contributed by atoms with Gasteiger partial charge in [0.15, 0.2) is 0 Å². The maximum atomic E-state index is 12.6. The Morgan fingerprint density at radius 1 is 1.12 bits per heavy atom. The summed E-state index contributed by atoms with van der Waals surface area (Å²) in [6.45, 7) is 8.94. The number of carbonyl (C=O) groups is 1. The van der Waals surface area contributed by atoms with Crippen molar-refractivity contribution in [1.29, 1.82) is 0 Å². The second-order valence-corrected chi connectivity index (χ2v) is 6.11. The summed E-state index contributed by atoms with van der Waals surface area (Å²) in [5, 5.41) is 2.89. The van der Waals surface area contributed by atoms with Gasteiger partial charge < -0.3 is 14.8 Å². The van der Waals surface area contributed by atoms with Gasteiger partial charge >= 0.3 is 0 Å². The predicted octanol–water partition coefficient (Wildman–Crippen LogP) is 4.93. The molecule has 0 bridgehead atoms. The molecule has 0 aliphatic rings. The van der Waals surface area contributed by atoms with Crippen molar-refractivity contribution in [2.24, 2.45) is 5.92 Å². The minimum absolute atomic E-state index is 0.195. The minimum Gasteiger partial charge on any atom is -0.493 e. The number of anilines is 1. The summed E-state index contributed by atoms with van der Waals surface area (Å²) < 4.78 is 11.2. The molecule has 0 spiro atoms. The lowest BCUT2D eigenvalue weighted by atomic mass is 10.1. The van der Waals surface area contributed by atoms with E-state index in [0.29, 0.717) is 36.1 Å². The lowest BCUT2D eigenvalue weighted by Crippen LogP contribution is -2.14. The molecule has 0 fully saturated rings. The summed E-state index contributed by atoms with van der Waals surface area (Å²) in [5.41, 5.74) is 1.23. The number of amides is 1. The summed E-state index contributed by atoms with van der Waals surface area (Å²) in [6.07, 6.45) is 2.63. The average molecular weight is 339 g/mol. The molecule has 0 aliphatic carbocycles. The summed E-state index contributed by atoms with van der Waals surface area (Å²) in [5.74, 6) is 1.70.